The normalized spacial score (nSPS) is 6.56. The van der Waals surface area contributed by atoms with Gasteiger partial charge in [0.05, 0.1) is 37.7 Å². The first-order valence-corrected chi connectivity index (χ1v) is 5.38. The second-order valence-corrected chi connectivity index (χ2v) is 2.48. The van der Waals surface area contributed by atoms with Gasteiger partial charge in [-0.2, -0.15) is 0 Å². The van der Waals surface area contributed by atoms with Crippen molar-refractivity contribution in [2.24, 2.45) is 0 Å². The molecule has 0 aliphatic carbocycles. The van der Waals surface area contributed by atoms with Crippen LogP contribution < -0.4 is 31.1 Å². The van der Waals surface area contributed by atoms with Crippen LogP contribution in [0.2, 0.25) is 0 Å². The molecule has 3 N–H and O–H groups in total. The average molecular weight is 513 g/mol. The quantitative estimate of drug-likeness (QED) is 0.128. The molecule has 32 heavy (non-hydrogen) atoms. The van der Waals surface area contributed by atoms with Gasteiger partial charge in [0.2, 0.25) is 0 Å². The largest absolute Gasteiger partial charge is 3.00 e. The third kappa shape index (κ3) is 229. The Morgan fingerprint density at radius 1 is 0.562 bits per heavy atom. The van der Waals surface area contributed by atoms with Crippen molar-refractivity contribution in [1.82, 2.24) is 0 Å². The third-order valence-corrected chi connectivity index (χ3v) is 0.570. The van der Waals surface area contributed by atoms with Gasteiger partial charge in [-0.25, -0.2) is 0 Å². The minimum Gasteiger partial charge on any atom is -0.694 e. The molecule has 0 fully saturated rings. The summed E-state index contributed by atoms with van der Waals surface area (Å²) in [6, 6.07) is 0. The molecule has 0 aromatic carbocycles. The van der Waals surface area contributed by atoms with Crippen LogP contribution in [0.1, 0.15) is 0 Å². The predicted octanol–water partition coefficient (Wildman–Crippen LogP) is -12.2. The molecule has 0 aromatic heterocycles. The number of hydrogen-bond donors (Lipinski definition) is 3. The van der Waals surface area contributed by atoms with Gasteiger partial charge < -0.3 is 75.8 Å². The van der Waals surface area contributed by atoms with Gasteiger partial charge in [0.1, 0.15) is 0 Å². The average Bonchev–Trinajstić information content (AvgIpc) is 2.69. The summed E-state index contributed by atoms with van der Waals surface area (Å²) in [6.07, 6.45) is 0. The summed E-state index contributed by atoms with van der Waals surface area (Å²) in [4.78, 5) is 59.6. The van der Waals surface area contributed by atoms with Gasteiger partial charge in [-0.3, -0.25) is 0 Å². The zero-order valence-corrected chi connectivity index (χ0v) is 17.1. The first kappa shape index (κ1) is 51.5. The number of carboxylic acid groups (broad SMARTS) is 3. The maximum Gasteiger partial charge on any atom is 3.00 e. The van der Waals surface area contributed by atoms with Crippen molar-refractivity contribution in [3.63, 3.8) is 0 Å². The Balaban J connectivity index is -0.0000000356. The van der Waals surface area contributed by atoms with E-state index < -0.39 is 53.0 Å². The zero-order valence-electron chi connectivity index (χ0n) is 14.8. The Kier molecular flexibility index (Phi) is 74.3. The van der Waals surface area contributed by atoms with E-state index in [-0.39, 0.29) is 34.7 Å². The topological polar surface area (TPSA) is 407 Å². The van der Waals surface area contributed by atoms with Crippen LogP contribution in [0.4, 0.5) is 0 Å². The molecule has 0 aromatic rings. The third-order valence-electron chi connectivity index (χ3n) is 0.570. The number of aliphatic hydroxyl groups is 3. The van der Waals surface area contributed by atoms with Gasteiger partial charge >= 0.3 is 34.7 Å². The van der Waals surface area contributed by atoms with Crippen LogP contribution in [0.3, 0.4) is 0 Å². The summed E-state index contributed by atoms with van der Waals surface area (Å²) in [6.45, 7) is -2.67. The van der Waals surface area contributed by atoms with Crippen molar-refractivity contribution in [3.8, 4) is 0 Å². The number of hydrogen-bond acceptors (Lipinski definition) is 21. The number of aliphatic hydroxyl groups excluding tert-OH is 3. The second-order valence-electron chi connectivity index (χ2n) is 2.48. The van der Waals surface area contributed by atoms with Crippen molar-refractivity contribution < 1.29 is 91.0 Å². The second kappa shape index (κ2) is 46.2. The molecule has 0 amide bonds. The van der Waals surface area contributed by atoms with Crippen molar-refractivity contribution in [2.45, 2.75) is 0 Å². The first-order valence-electron chi connectivity index (χ1n) is 5.38. The number of nitrogens with zero attached hydrogens (tertiary/aromatic N) is 3. The molecular weight excluding hydrogens is 504 g/mol. The van der Waals surface area contributed by atoms with E-state index in [0.29, 0.717) is 0 Å². The van der Waals surface area contributed by atoms with Crippen LogP contribution in [0.25, 0.3) is 0 Å². The standard InChI is InChI=1S/3C2H4O3.2Al.3HNO4/c3*3-1-2(4)5;;;3*2-1(3)5-4/h3*3H,1H2,(H,4,5);;;3*4H/q;;;2*+3;;;/p-6. The number of rotatable bonds is 6. The van der Waals surface area contributed by atoms with Crippen LogP contribution in [0, 0.1) is 30.3 Å². The predicted molar refractivity (Wildman–Crippen MR) is 72.0 cm³/mol. The number of carboxylic acids is 3. The Labute approximate surface area is 194 Å². The van der Waals surface area contributed by atoms with Crippen LogP contribution in [0.15, 0.2) is 0 Å². The minimum absolute atomic E-state index is 0. The van der Waals surface area contributed by atoms with Gasteiger partial charge in [-0.1, -0.05) is 0 Å². The SMILES string of the molecule is O=C([O-])CO.O=C([O-])CO.O=C([O-])CO.O=[N+]([O-])O[O-].O=[N+]([O-])O[O-].O=[N+]([O-])O[O-].[Al+3].[Al+3]. The van der Waals surface area contributed by atoms with E-state index >= 15 is 0 Å². The molecule has 0 rings (SSSR count). The minimum atomic E-state index is -1.44. The van der Waals surface area contributed by atoms with Crippen LogP contribution >= 0.6 is 0 Å². The fraction of sp³-hybridized carbons (Fsp3) is 0.500. The van der Waals surface area contributed by atoms with E-state index in [4.69, 9.17) is 91.1 Å². The molecule has 180 valence electrons. The molecule has 0 aliphatic heterocycles. The number of aliphatic carboxylic acids is 3. The van der Waals surface area contributed by atoms with Crippen molar-refractivity contribution >= 4 is 52.6 Å². The van der Waals surface area contributed by atoms with Gasteiger partial charge in [-0.15, -0.1) is 30.3 Å². The summed E-state index contributed by atoms with van der Waals surface area (Å²) in [7, 11) is 0. The molecule has 0 aliphatic rings. The maximum absolute atomic E-state index is 9.01. The smallest absolute Gasteiger partial charge is 0.694 e. The Bertz CT molecular complexity index is 366. The fourth-order valence-electron chi connectivity index (χ4n) is 0. The Morgan fingerprint density at radius 3 is 0.625 bits per heavy atom. The Morgan fingerprint density at radius 2 is 0.625 bits per heavy atom. The fourth-order valence-corrected chi connectivity index (χ4v) is 0. The van der Waals surface area contributed by atoms with Gasteiger partial charge in [0.25, 0.3) is 15.3 Å². The van der Waals surface area contributed by atoms with Crippen molar-refractivity contribution in [2.75, 3.05) is 19.8 Å². The van der Waals surface area contributed by atoms with E-state index in [0.717, 1.165) is 0 Å². The van der Waals surface area contributed by atoms with Crippen LogP contribution in [0.5, 0.6) is 0 Å². The molecule has 26 heteroatoms. The molecule has 0 bridgehead atoms. The first-order chi connectivity index (χ1) is 13.6. The van der Waals surface area contributed by atoms with E-state index in [9.17, 15) is 0 Å². The molecule has 0 saturated heterocycles. The molecular formula is C6H9Al2N3O21. The molecule has 0 unspecified atom stereocenters. The summed E-state index contributed by atoms with van der Waals surface area (Å²) >= 11 is 0. The van der Waals surface area contributed by atoms with Gasteiger partial charge in [-0.05, 0) is 0 Å². The molecule has 0 atom stereocenters. The summed E-state index contributed by atoms with van der Waals surface area (Å²) < 4.78 is 0. The molecule has 0 saturated carbocycles. The Hall–Kier alpha value is -3.17. The summed E-state index contributed by atoms with van der Waals surface area (Å²) in [5, 5.41) is 96.4. The number of carbonyl (C=O) groups is 3. The van der Waals surface area contributed by atoms with Gasteiger partial charge in [0.15, 0.2) is 0 Å². The monoisotopic (exact) mass is 513 g/mol. The zero-order chi connectivity index (χ0) is 25.7. The van der Waals surface area contributed by atoms with Gasteiger partial charge in [0, 0.05) is 0 Å². The number of carbonyl (C=O) groups excluding carboxylic acids is 3. The van der Waals surface area contributed by atoms with Crippen molar-refractivity contribution in [1.29, 1.82) is 0 Å². The van der Waals surface area contributed by atoms with Crippen molar-refractivity contribution in [3.05, 3.63) is 30.3 Å². The van der Waals surface area contributed by atoms with Crippen LogP contribution in [-0.4, -0.2) is 103 Å². The molecule has 0 radical (unpaired) electrons. The van der Waals surface area contributed by atoms with E-state index in [1.165, 1.54) is 0 Å². The maximum atomic E-state index is 9.01. The molecule has 0 heterocycles. The van der Waals surface area contributed by atoms with Crippen LogP contribution in [-0.2, 0) is 29.3 Å². The molecule has 0 spiro atoms. The van der Waals surface area contributed by atoms with E-state index in [1.54, 1.807) is 0 Å². The van der Waals surface area contributed by atoms with E-state index in [1.807, 2.05) is 0 Å². The van der Waals surface area contributed by atoms with E-state index in [2.05, 4.69) is 15.0 Å². The molecule has 24 nitrogen and oxygen atoms in total. The summed E-state index contributed by atoms with van der Waals surface area (Å²) in [5.74, 6) is -4.32. The summed E-state index contributed by atoms with van der Waals surface area (Å²) in [5.41, 5.74) is 0.